The lowest BCUT2D eigenvalue weighted by molar-refractivity contribution is 0.145. The van der Waals surface area contributed by atoms with E-state index in [9.17, 15) is 9.50 Å². The Morgan fingerprint density at radius 3 is 2.75 bits per heavy atom. The smallest absolute Gasteiger partial charge is 0.123 e. The standard InChI is InChI=1S/C20H29FN2O/c1-15(22-14-16-5-3-2-4-6-16)19-13-17(21)7-8-20(19)23-11-9-18(24)10-12-23/h2-3,7-8,13,15-16,18,22,24H,4-6,9-12,14H2,1H3. The number of hydrogen-bond donors (Lipinski definition) is 2. The first-order valence-corrected chi connectivity index (χ1v) is 9.24. The van der Waals surface area contributed by atoms with Crippen LogP contribution in [-0.2, 0) is 0 Å². The fourth-order valence-corrected chi connectivity index (χ4v) is 3.76. The summed E-state index contributed by atoms with van der Waals surface area (Å²) < 4.78 is 13.8. The first-order valence-electron chi connectivity index (χ1n) is 9.24. The molecule has 1 heterocycles. The van der Waals surface area contributed by atoms with E-state index in [0.717, 1.165) is 50.1 Å². The molecule has 0 spiro atoms. The Morgan fingerprint density at radius 2 is 2.04 bits per heavy atom. The van der Waals surface area contributed by atoms with Crippen molar-refractivity contribution in [2.24, 2.45) is 5.92 Å². The molecule has 3 rings (SSSR count). The number of hydrogen-bond acceptors (Lipinski definition) is 3. The van der Waals surface area contributed by atoms with Gasteiger partial charge < -0.3 is 15.3 Å². The van der Waals surface area contributed by atoms with E-state index in [1.807, 2.05) is 6.07 Å². The lowest BCUT2D eigenvalue weighted by Gasteiger charge is -2.34. The molecule has 0 saturated carbocycles. The third kappa shape index (κ3) is 4.37. The van der Waals surface area contributed by atoms with Crippen LogP contribution in [0.5, 0.6) is 0 Å². The van der Waals surface area contributed by atoms with E-state index in [0.29, 0.717) is 5.92 Å². The third-order valence-electron chi connectivity index (χ3n) is 5.35. The van der Waals surface area contributed by atoms with Gasteiger partial charge in [-0.2, -0.15) is 0 Å². The van der Waals surface area contributed by atoms with Crippen molar-refractivity contribution in [1.29, 1.82) is 0 Å². The average Bonchev–Trinajstić information content (AvgIpc) is 2.61. The molecule has 0 aromatic heterocycles. The summed E-state index contributed by atoms with van der Waals surface area (Å²) in [6, 6.07) is 5.22. The summed E-state index contributed by atoms with van der Waals surface area (Å²) in [5, 5.41) is 13.3. The minimum Gasteiger partial charge on any atom is -0.393 e. The van der Waals surface area contributed by atoms with Crippen LogP contribution in [0.2, 0.25) is 0 Å². The van der Waals surface area contributed by atoms with Gasteiger partial charge in [0, 0.05) is 24.8 Å². The molecule has 2 aliphatic rings. The number of aliphatic hydroxyl groups is 1. The van der Waals surface area contributed by atoms with E-state index in [2.05, 4.69) is 29.3 Å². The SMILES string of the molecule is CC(NCC1CC=CCC1)c1cc(F)ccc1N1CCC(O)CC1. The topological polar surface area (TPSA) is 35.5 Å². The first-order chi connectivity index (χ1) is 11.6. The lowest BCUT2D eigenvalue weighted by Crippen LogP contribution is -2.37. The molecule has 2 N–H and O–H groups in total. The molecule has 0 amide bonds. The highest BCUT2D eigenvalue weighted by Gasteiger charge is 2.22. The quantitative estimate of drug-likeness (QED) is 0.805. The molecule has 1 fully saturated rings. The van der Waals surface area contributed by atoms with Crippen LogP contribution in [0.1, 0.15) is 50.6 Å². The Bertz CT molecular complexity index is 567. The highest BCUT2D eigenvalue weighted by atomic mass is 19.1. The molecule has 1 saturated heterocycles. The molecular weight excluding hydrogens is 303 g/mol. The highest BCUT2D eigenvalue weighted by molar-refractivity contribution is 5.55. The lowest BCUT2D eigenvalue weighted by atomic mass is 9.93. The molecule has 132 valence electrons. The summed E-state index contributed by atoms with van der Waals surface area (Å²) in [7, 11) is 0. The summed E-state index contributed by atoms with van der Waals surface area (Å²) >= 11 is 0. The van der Waals surface area contributed by atoms with Crippen molar-refractivity contribution >= 4 is 5.69 Å². The fraction of sp³-hybridized carbons (Fsp3) is 0.600. The van der Waals surface area contributed by atoms with E-state index in [1.54, 1.807) is 12.1 Å². The molecule has 1 aliphatic heterocycles. The van der Waals surface area contributed by atoms with Gasteiger partial charge in [0.05, 0.1) is 6.10 Å². The van der Waals surface area contributed by atoms with E-state index in [4.69, 9.17) is 0 Å². The van der Waals surface area contributed by atoms with Gasteiger partial charge >= 0.3 is 0 Å². The van der Waals surface area contributed by atoms with Gasteiger partial charge in [-0.05, 0) is 75.3 Å². The van der Waals surface area contributed by atoms with Gasteiger partial charge in [-0.15, -0.1) is 0 Å². The number of halogens is 1. The summed E-state index contributed by atoms with van der Waals surface area (Å²) in [5.74, 6) is 0.500. The van der Waals surface area contributed by atoms with Crippen LogP contribution in [0, 0.1) is 11.7 Å². The van der Waals surface area contributed by atoms with Crippen molar-refractivity contribution < 1.29 is 9.50 Å². The van der Waals surface area contributed by atoms with Crippen LogP contribution >= 0.6 is 0 Å². The molecule has 1 aromatic rings. The van der Waals surface area contributed by atoms with E-state index < -0.39 is 0 Å². The van der Waals surface area contributed by atoms with Crippen LogP contribution in [0.15, 0.2) is 30.4 Å². The Morgan fingerprint density at radius 1 is 1.25 bits per heavy atom. The fourth-order valence-electron chi connectivity index (χ4n) is 3.76. The molecule has 2 atom stereocenters. The van der Waals surface area contributed by atoms with Crippen molar-refractivity contribution in [2.45, 2.75) is 51.2 Å². The normalized spacial score (nSPS) is 23.5. The maximum Gasteiger partial charge on any atom is 0.123 e. The summed E-state index contributed by atoms with van der Waals surface area (Å²) in [6.07, 6.45) is 9.45. The van der Waals surface area contributed by atoms with Crippen LogP contribution in [0.4, 0.5) is 10.1 Å². The first kappa shape index (κ1) is 17.4. The predicted octanol–water partition coefficient (Wildman–Crippen LogP) is 3.79. The van der Waals surface area contributed by atoms with Gasteiger partial charge in [-0.25, -0.2) is 4.39 Å². The Hall–Kier alpha value is -1.39. The molecule has 0 bridgehead atoms. The molecule has 0 radical (unpaired) electrons. The highest BCUT2D eigenvalue weighted by Crippen LogP contribution is 2.30. The van der Waals surface area contributed by atoms with Crippen molar-refractivity contribution in [1.82, 2.24) is 5.32 Å². The van der Waals surface area contributed by atoms with Crippen molar-refractivity contribution in [3.8, 4) is 0 Å². The number of anilines is 1. The third-order valence-corrected chi connectivity index (χ3v) is 5.35. The average molecular weight is 332 g/mol. The van der Waals surface area contributed by atoms with E-state index in [-0.39, 0.29) is 18.0 Å². The molecule has 1 aliphatic carbocycles. The zero-order chi connectivity index (χ0) is 16.9. The van der Waals surface area contributed by atoms with Gasteiger partial charge in [0.25, 0.3) is 0 Å². The molecule has 2 unspecified atom stereocenters. The Labute approximate surface area is 144 Å². The maximum absolute atomic E-state index is 13.8. The van der Waals surface area contributed by atoms with Crippen LogP contribution in [-0.4, -0.2) is 30.8 Å². The van der Waals surface area contributed by atoms with Crippen molar-refractivity contribution in [2.75, 3.05) is 24.5 Å². The zero-order valence-electron chi connectivity index (χ0n) is 14.5. The van der Waals surface area contributed by atoms with Crippen molar-refractivity contribution in [3.05, 3.63) is 41.7 Å². The van der Waals surface area contributed by atoms with Crippen LogP contribution in [0.3, 0.4) is 0 Å². The maximum atomic E-state index is 13.8. The van der Waals surface area contributed by atoms with Gasteiger partial charge in [0.2, 0.25) is 0 Å². The number of aliphatic hydroxyl groups excluding tert-OH is 1. The number of nitrogens with zero attached hydrogens (tertiary/aromatic N) is 1. The number of piperidine rings is 1. The second-order valence-electron chi connectivity index (χ2n) is 7.20. The Kier molecular flexibility index (Phi) is 5.90. The van der Waals surface area contributed by atoms with Crippen LogP contribution in [0.25, 0.3) is 0 Å². The molecule has 24 heavy (non-hydrogen) atoms. The summed E-state index contributed by atoms with van der Waals surface area (Å²) in [4.78, 5) is 2.28. The second-order valence-corrected chi connectivity index (χ2v) is 7.20. The number of allylic oxidation sites excluding steroid dienone is 2. The predicted molar refractivity (Wildman–Crippen MR) is 96.8 cm³/mol. The van der Waals surface area contributed by atoms with E-state index in [1.165, 1.54) is 12.8 Å². The van der Waals surface area contributed by atoms with Gasteiger partial charge in [-0.3, -0.25) is 0 Å². The molecule has 1 aromatic carbocycles. The number of nitrogens with one attached hydrogen (secondary N) is 1. The molecular formula is C20H29FN2O. The molecule has 3 nitrogen and oxygen atoms in total. The summed E-state index contributed by atoms with van der Waals surface area (Å²) in [6.45, 7) is 4.76. The van der Waals surface area contributed by atoms with Gasteiger partial charge in [0.1, 0.15) is 5.82 Å². The largest absolute Gasteiger partial charge is 0.393 e. The summed E-state index contributed by atoms with van der Waals surface area (Å²) in [5.41, 5.74) is 2.13. The van der Waals surface area contributed by atoms with Crippen molar-refractivity contribution in [3.63, 3.8) is 0 Å². The van der Waals surface area contributed by atoms with Gasteiger partial charge in [0.15, 0.2) is 0 Å². The monoisotopic (exact) mass is 332 g/mol. The van der Waals surface area contributed by atoms with E-state index >= 15 is 0 Å². The second kappa shape index (κ2) is 8.13. The minimum absolute atomic E-state index is 0.119. The zero-order valence-corrected chi connectivity index (χ0v) is 14.5. The van der Waals surface area contributed by atoms with Crippen LogP contribution < -0.4 is 10.2 Å². The number of rotatable bonds is 5. The Balaban J connectivity index is 1.68. The minimum atomic E-state index is -0.194. The molecule has 4 heteroatoms. The number of benzene rings is 1. The van der Waals surface area contributed by atoms with Gasteiger partial charge in [-0.1, -0.05) is 12.2 Å².